The first-order valence-electron chi connectivity index (χ1n) is 8.08. The average Bonchev–Trinajstić information content (AvgIpc) is 2.98. The topological polar surface area (TPSA) is 61.4 Å². The van der Waals surface area contributed by atoms with E-state index in [0.29, 0.717) is 11.6 Å². The molecule has 24 heavy (non-hydrogen) atoms. The fourth-order valence-electron chi connectivity index (χ4n) is 3.25. The van der Waals surface area contributed by atoms with E-state index in [1.54, 1.807) is 6.07 Å². The van der Waals surface area contributed by atoms with Crippen LogP contribution in [0.3, 0.4) is 0 Å². The summed E-state index contributed by atoms with van der Waals surface area (Å²) in [6.07, 6.45) is 1.71. The zero-order valence-electron chi connectivity index (χ0n) is 13.4. The van der Waals surface area contributed by atoms with Crippen molar-refractivity contribution < 1.29 is 9.90 Å². The second-order valence-electron chi connectivity index (χ2n) is 6.16. The van der Waals surface area contributed by atoms with Gasteiger partial charge < -0.3 is 10.4 Å². The minimum Gasteiger partial charge on any atom is -0.394 e. The van der Waals surface area contributed by atoms with E-state index in [2.05, 4.69) is 16.7 Å². The van der Waals surface area contributed by atoms with Crippen molar-refractivity contribution in [3.63, 3.8) is 0 Å². The van der Waals surface area contributed by atoms with E-state index < -0.39 is 5.54 Å². The first-order chi connectivity index (χ1) is 11.6. The first-order valence-corrected chi connectivity index (χ1v) is 8.46. The van der Waals surface area contributed by atoms with Crippen LogP contribution in [0.25, 0.3) is 0 Å². The van der Waals surface area contributed by atoms with Gasteiger partial charge in [-0.25, -0.2) is 0 Å². The van der Waals surface area contributed by atoms with Gasteiger partial charge in [-0.2, -0.15) is 0 Å². The Hall–Kier alpha value is -1.88. The highest BCUT2D eigenvalue weighted by Crippen LogP contribution is 2.36. The van der Waals surface area contributed by atoms with Crippen LogP contribution in [-0.4, -0.2) is 24.2 Å². The Morgan fingerprint density at radius 2 is 2.04 bits per heavy atom. The quantitative estimate of drug-likeness (QED) is 0.754. The Morgan fingerprint density at radius 1 is 1.21 bits per heavy atom. The summed E-state index contributed by atoms with van der Waals surface area (Å²) in [5.41, 5.74) is 2.76. The van der Waals surface area contributed by atoms with E-state index in [9.17, 15) is 9.90 Å². The number of aryl methyl sites for hydroxylation is 1. The van der Waals surface area contributed by atoms with Gasteiger partial charge in [-0.05, 0) is 41.7 Å². The molecule has 2 aromatic carbocycles. The van der Waals surface area contributed by atoms with Crippen LogP contribution in [-0.2, 0) is 23.3 Å². The number of halogens is 1. The zero-order chi connectivity index (χ0) is 17.0. The van der Waals surface area contributed by atoms with Gasteiger partial charge in [0, 0.05) is 11.6 Å². The molecule has 1 aliphatic carbocycles. The highest BCUT2D eigenvalue weighted by atomic mass is 35.5. The molecule has 1 aliphatic rings. The van der Waals surface area contributed by atoms with Gasteiger partial charge in [0.1, 0.15) is 0 Å². The molecule has 3 rings (SSSR count). The van der Waals surface area contributed by atoms with Crippen LogP contribution in [0.1, 0.15) is 23.1 Å². The van der Waals surface area contributed by atoms with Gasteiger partial charge in [-0.1, -0.05) is 48.0 Å². The minimum atomic E-state index is -0.524. The predicted molar refractivity (Wildman–Crippen MR) is 94.8 cm³/mol. The summed E-state index contributed by atoms with van der Waals surface area (Å²) < 4.78 is 0. The maximum Gasteiger partial charge on any atom is 0.234 e. The lowest BCUT2D eigenvalue weighted by Gasteiger charge is -2.29. The third kappa shape index (κ3) is 3.61. The fourth-order valence-corrected chi connectivity index (χ4v) is 3.46. The predicted octanol–water partition coefficient (Wildman–Crippen LogP) is 2.38. The number of nitrogens with one attached hydrogen (secondary N) is 2. The number of carbonyl (C=O) groups excluding carboxylic acids is 1. The summed E-state index contributed by atoms with van der Waals surface area (Å²) in [5.74, 6) is -0.104. The lowest BCUT2D eigenvalue weighted by atomic mass is 9.92. The Bertz CT molecular complexity index is 735. The number of aliphatic hydroxyl groups excluding tert-OH is 1. The van der Waals surface area contributed by atoms with Crippen LogP contribution in [0.2, 0.25) is 5.02 Å². The van der Waals surface area contributed by atoms with Gasteiger partial charge in [0.25, 0.3) is 0 Å². The summed E-state index contributed by atoms with van der Waals surface area (Å²) in [6, 6.07) is 15.5. The van der Waals surface area contributed by atoms with Crippen molar-refractivity contribution in [1.29, 1.82) is 0 Å². The standard InChI is InChI=1S/C19H21ClN2O2/c20-16-6-3-4-14(10-16)11-21-18(24)12-22-19(13-23)9-8-15-5-1-2-7-17(15)19/h1-7,10,22-23H,8-9,11-13H2,(H,21,24). The van der Waals surface area contributed by atoms with Crippen LogP contribution < -0.4 is 10.6 Å². The maximum atomic E-state index is 12.1. The van der Waals surface area contributed by atoms with E-state index in [4.69, 9.17) is 11.6 Å². The van der Waals surface area contributed by atoms with Crippen molar-refractivity contribution in [2.24, 2.45) is 0 Å². The molecule has 1 amide bonds. The molecule has 4 nitrogen and oxygen atoms in total. The van der Waals surface area contributed by atoms with Crippen LogP contribution >= 0.6 is 11.6 Å². The molecule has 0 aromatic heterocycles. The summed E-state index contributed by atoms with van der Waals surface area (Å²) in [5, 5.41) is 16.7. The van der Waals surface area contributed by atoms with Gasteiger partial charge in [-0.3, -0.25) is 10.1 Å². The molecule has 2 aromatic rings. The molecule has 126 valence electrons. The SMILES string of the molecule is O=C(CNC1(CO)CCc2ccccc21)NCc1cccc(Cl)c1. The number of fused-ring (bicyclic) bond motifs is 1. The third-order valence-electron chi connectivity index (χ3n) is 4.59. The first kappa shape index (κ1) is 17.0. The Balaban J connectivity index is 1.57. The minimum absolute atomic E-state index is 0.0222. The van der Waals surface area contributed by atoms with Crippen molar-refractivity contribution in [1.82, 2.24) is 10.6 Å². The molecule has 0 saturated carbocycles. The van der Waals surface area contributed by atoms with E-state index >= 15 is 0 Å². The van der Waals surface area contributed by atoms with Gasteiger partial charge in [0.2, 0.25) is 5.91 Å². The number of carbonyl (C=O) groups is 1. The molecule has 0 radical (unpaired) electrons. The Labute approximate surface area is 146 Å². The monoisotopic (exact) mass is 344 g/mol. The van der Waals surface area contributed by atoms with Gasteiger partial charge >= 0.3 is 0 Å². The molecule has 1 atom stereocenters. The highest BCUT2D eigenvalue weighted by Gasteiger charge is 2.37. The molecule has 5 heteroatoms. The lowest BCUT2D eigenvalue weighted by molar-refractivity contribution is -0.120. The summed E-state index contributed by atoms with van der Waals surface area (Å²) in [7, 11) is 0. The number of benzene rings is 2. The smallest absolute Gasteiger partial charge is 0.234 e. The number of aliphatic hydroxyl groups is 1. The number of hydrogen-bond acceptors (Lipinski definition) is 3. The van der Waals surface area contributed by atoms with E-state index in [1.165, 1.54) is 5.56 Å². The molecule has 3 N–H and O–H groups in total. The molecule has 0 saturated heterocycles. The molecule has 0 spiro atoms. The molecule has 0 aliphatic heterocycles. The summed E-state index contributed by atoms with van der Waals surface area (Å²) in [6.45, 7) is 0.574. The van der Waals surface area contributed by atoms with Gasteiger partial charge in [-0.15, -0.1) is 0 Å². The van der Waals surface area contributed by atoms with Crippen molar-refractivity contribution in [3.8, 4) is 0 Å². The Morgan fingerprint density at radius 3 is 2.83 bits per heavy atom. The maximum absolute atomic E-state index is 12.1. The van der Waals surface area contributed by atoms with Crippen LogP contribution in [0.15, 0.2) is 48.5 Å². The van der Waals surface area contributed by atoms with E-state index in [0.717, 1.165) is 24.0 Å². The van der Waals surface area contributed by atoms with Crippen molar-refractivity contribution >= 4 is 17.5 Å². The molecule has 0 fully saturated rings. The molecular weight excluding hydrogens is 324 g/mol. The molecule has 0 bridgehead atoms. The summed E-state index contributed by atoms with van der Waals surface area (Å²) >= 11 is 5.94. The van der Waals surface area contributed by atoms with Crippen LogP contribution in [0.4, 0.5) is 0 Å². The van der Waals surface area contributed by atoms with Crippen molar-refractivity contribution in [3.05, 3.63) is 70.2 Å². The normalized spacial score (nSPS) is 19.1. The Kier molecular flexibility index (Phi) is 5.19. The largest absolute Gasteiger partial charge is 0.394 e. The van der Waals surface area contributed by atoms with Crippen molar-refractivity contribution in [2.75, 3.05) is 13.2 Å². The highest BCUT2D eigenvalue weighted by molar-refractivity contribution is 6.30. The zero-order valence-corrected chi connectivity index (χ0v) is 14.1. The van der Waals surface area contributed by atoms with Gasteiger partial charge in [0.05, 0.1) is 18.7 Å². The lowest BCUT2D eigenvalue weighted by Crippen LogP contribution is -2.48. The third-order valence-corrected chi connectivity index (χ3v) is 4.83. The number of hydrogen-bond donors (Lipinski definition) is 3. The van der Waals surface area contributed by atoms with E-state index in [-0.39, 0.29) is 19.1 Å². The fraction of sp³-hybridized carbons (Fsp3) is 0.316. The van der Waals surface area contributed by atoms with Crippen LogP contribution in [0.5, 0.6) is 0 Å². The average molecular weight is 345 g/mol. The second kappa shape index (κ2) is 7.34. The molecule has 1 unspecified atom stereocenters. The number of amides is 1. The van der Waals surface area contributed by atoms with E-state index in [1.807, 2.05) is 36.4 Å². The second-order valence-corrected chi connectivity index (χ2v) is 6.59. The summed E-state index contributed by atoms with van der Waals surface area (Å²) in [4.78, 5) is 12.1. The van der Waals surface area contributed by atoms with Crippen molar-refractivity contribution in [2.45, 2.75) is 24.9 Å². The van der Waals surface area contributed by atoms with Gasteiger partial charge in [0.15, 0.2) is 0 Å². The molecule has 0 heterocycles. The van der Waals surface area contributed by atoms with Crippen LogP contribution in [0, 0.1) is 0 Å². The molecular formula is C19H21ClN2O2. The number of rotatable bonds is 6.